The molecule has 0 aromatic heterocycles. The first-order valence-corrected chi connectivity index (χ1v) is 9.50. The summed E-state index contributed by atoms with van der Waals surface area (Å²) in [5, 5.41) is 9.27. The van der Waals surface area contributed by atoms with E-state index in [0.717, 1.165) is 18.4 Å². The molecule has 6 heteroatoms. The average molecular weight is 371 g/mol. The van der Waals surface area contributed by atoms with E-state index in [2.05, 4.69) is 6.07 Å². The summed E-state index contributed by atoms with van der Waals surface area (Å²) >= 11 is 0. The van der Waals surface area contributed by atoms with Crippen LogP contribution in [0.25, 0.3) is 0 Å². The van der Waals surface area contributed by atoms with Gasteiger partial charge in [0.15, 0.2) is 0 Å². The SMILES string of the molecule is CCN(Cc1ccccc1C#N)C(=O)[C@H]1CCCN(C(=O)OC(C)(C)C)C1. The number of rotatable bonds is 4. The number of amides is 2. The van der Waals surface area contributed by atoms with Crippen LogP contribution in [0.4, 0.5) is 4.79 Å². The zero-order valence-corrected chi connectivity index (χ0v) is 16.7. The molecule has 2 rings (SSSR count). The van der Waals surface area contributed by atoms with Gasteiger partial charge in [-0.1, -0.05) is 18.2 Å². The lowest BCUT2D eigenvalue weighted by molar-refractivity contribution is -0.137. The number of hydrogen-bond donors (Lipinski definition) is 0. The van der Waals surface area contributed by atoms with Crippen LogP contribution in [0.1, 0.15) is 51.7 Å². The van der Waals surface area contributed by atoms with Gasteiger partial charge in [-0.05, 0) is 52.2 Å². The van der Waals surface area contributed by atoms with Crippen LogP contribution in [-0.2, 0) is 16.1 Å². The molecule has 1 atom stereocenters. The van der Waals surface area contributed by atoms with E-state index in [0.29, 0.717) is 31.7 Å². The first kappa shape index (κ1) is 20.8. The molecule has 0 unspecified atom stereocenters. The maximum absolute atomic E-state index is 13.1. The number of nitrogens with zero attached hydrogens (tertiary/aromatic N) is 3. The third kappa shape index (κ3) is 5.72. The lowest BCUT2D eigenvalue weighted by atomic mass is 9.96. The van der Waals surface area contributed by atoms with Crippen LogP contribution in [0.3, 0.4) is 0 Å². The van der Waals surface area contributed by atoms with E-state index in [4.69, 9.17) is 4.74 Å². The number of carbonyl (C=O) groups excluding carboxylic acids is 2. The minimum Gasteiger partial charge on any atom is -0.444 e. The summed E-state index contributed by atoms with van der Waals surface area (Å²) in [4.78, 5) is 28.8. The number of ether oxygens (including phenoxy) is 1. The summed E-state index contributed by atoms with van der Waals surface area (Å²) in [6, 6.07) is 9.51. The van der Waals surface area contributed by atoms with Crippen LogP contribution in [-0.4, -0.2) is 47.0 Å². The fraction of sp³-hybridized carbons (Fsp3) is 0.571. The predicted octanol–water partition coefficient (Wildman–Crippen LogP) is 3.55. The summed E-state index contributed by atoms with van der Waals surface area (Å²) in [5.41, 5.74) is 0.877. The van der Waals surface area contributed by atoms with Crippen molar-refractivity contribution in [3.63, 3.8) is 0 Å². The first-order valence-electron chi connectivity index (χ1n) is 9.50. The second-order valence-electron chi connectivity index (χ2n) is 7.89. The molecule has 1 aliphatic heterocycles. The number of nitriles is 1. The zero-order chi connectivity index (χ0) is 20.0. The molecule has 1 aliphatic rings. The minimum absolute atomic E-state index is 0.0264. The van der Waals surface area contributed by atoms with E-state index >= 15 is 0 Å². The largest absolute Gasteiger partial charge is 0.444 e. The first-order chi connectivity index (χ1) is 12.7. The van der Waals surface area contributed by atoms with Gasteiger partial charge in [-0.25, -0.2) is 4.79 Å². The third-order valence-electron chi connectivity index (χ3n) is 4.61. The van der Waals surface area contributed by atoms with Crippen molar-refractivity contribution in [1.82, 2.24) is 9.80 Å². The minimum atomic E-state index is -0.551. The van der Waals surface area contributed by atoms with E-state index in [1.807, 2.05) is 45.9 Å². The zero-order valence-electron chi connectivity index (χ0n) is 16.7. The van der Waals surface area contributed by atoms with E-state index in [1.54, 1.807) is 15.9 Å². The molecule has 2 amide bonds. The van der Waals surface area contributed by atoms with Gasteiger partial charge in [-0.15, -0.1) is 0 Å². The van der Waals surface area contributed by atoms with Gasteiger partial charge in [-0.2, -0.15) is 5.26 Å². The molecule has 1 heterocycles. The molecular weight excluding hydrogens is 342 g/mol. The molecule has 146 valence electrons. The van der Waals surface area contributed by atoms with Crippen LogP contribution >= 0.6 is 0 Å². The normalized spacial score (nSPS) is 17.1. The van der Waals surface area contributed by atoms with E-state index in [1.165, 1.54) is 0 Å². The van der Waals surface area contributed by atoms with Gasteiger partial charge in [0.1, 0.15) is 5.60 Å². The Balaban J connectivity index is 2.06. The third-order valence-corrected chi connectivity index (χ3v) is 4.61. The lowest BCUT2D eigenvalue weighted by Gasteiger charge is -2.35. The second-order valence-corrected chi connectivity index (χ2v) is 7.89. The Morgan fingerprint density at radius 1 is 1.33 bits per heavy atom. The van der Waals surface area contributed by atoms with Crippen LogP contribution in [0.15, 0.2) is 24.3 Å². The molecule has 6 nitrogen and oxygen atoms in total. The van der Waals surface area contributed by atoms with Crippen molar-refractivity contribution in [3.8, 4) is 6.07 Å². The quantitative estimate of drug-likeness (QED) is 0.811. The Morgan fingerprint density at radius 3 is 2.67 bits per heavy atom. The van der Waals surface area contributed by atoms with Crippen molar-refractivity contribution < 1.29 is 14.3 Å². The lowest BCUT2D eigenvalue weighted by Crippen LogP contribution is -2.47. The average Bonchev–Trinajstić information content (AvgIpc) is 2.64. The summed E-state index contributed by atoms with van der Waals surface area (Å²) in [6.07, 6.45) is 1.18. The van der Waals surface area contributed by atoms with Crippen molar-refractivity contribution in [3.05, 3.63) is 35.4 Å². The second kappa shape index (κ2) is 8.90. The highest BCUT2D eigenvalue weighted by Gasteiger charge is 2.33. The summed E-state index contributed by atoms with van der Waals surface area (Å²) in [6.45, 7) is 9.39. The Kier molecular flexibility index (Phi) is 6.84. The number of likely N-dealkylation sites (tertiary alicyclic amines) is 1. The van der Waals surface area contributed by atoms with Crippen LogP contribution < -0.4 is 0 Å². The molecule has 0 radical (unpaired) electrons. The van der Waals surface area contributed by atoms with Gasteiger partial charge >= 0.3 is 6.09 Å². The van der Waals surface area contributed by atoms with Crippen molar-refractivity contribution in [1.29, 1.82) is 5.26 Å². The molecule has 1 aromatic rings. The van der Waals surface area contributed by atoms with Crippen LogP contribution in [0, 0.1) is 17.2 Å². The molecule has 1 fully saturated rings. The van der Waals surface area contributed by atoms with Crippen LogP contribution in [0.2, 0.25) is 0 Å². The Morgan fingerprint density at radius 2 is 2.04 bits per heavy atom. The highest BCUT2D eigenvalue weighted by Crippen LogP contribution is 2.22. The molecule has 0 spiro atoms. The smallest absolute Gasteiger partial charge is 0.410 e. The molecular formula is C21H29N3O3. The molecule has 1 saturated heterocycles. The van der Waals surface area contributed by atoms with Crippen LogP contribution in [0.5, 0.6) is 0 Å². The highest BCUT2D eigenvalue weighted by atomic mass is 16.6. The Bertz CT molecular complexity index is 718. The fourth-order valence-electron chi connectivity index (χ4n) is 3.25. The van der Waals surface area contributed by atoms with Crippen molar-refractivity contribution in [2.75, 3.05) is 19.6 Å². The highest BCUT2D eigenvalue weighted by molar-refractivity contribution is 5.80. The van der Waals surface area contributed by atoms with Gasteiger partial charge in [0.2, 0.25) is 5.91 Å². The predicted molar refractivity (Wildman–Crippen MR) is 103 cm³/mol. The number of hydrogen-bond acceptors (Lipinski definition) is 4. The molecule has 0 aliphatic carbocycles. The number of benzene rings is 1. The summed E-state index contributed by atoms with van der Waals surface area (Å²) in [5.74, 6) is -0.209. The van der Waals surface area contributed by atoms with Gasteiger partial charge in [0.25, 0.3) is 0 Å². The van der Waals surface area contributed by atoms with E-state index < -0.39 is 5.60 Å². The standard InChI is InChI=1S/C21H29N3O3/c1-5-23(14-17-10-7-6-9-16(17)13-22)19(25)18-11-8-12-24(15-18)20(26)27-21(2,3)4/h6-7,9-10,18H,5,8,11-12,14-15H2,1-4H3/t18-/m0/s1. The topological polar surface area (TPSA) is 73.6 Å². The van der Waals surface area contributed by atoms with E-state index in [-0.39, 0.29) is 17.9 Å². The number of piperidine rings is 1. The molecule has 1 aromatic carbocycles. The molecule has 27 heavy (non-hydrogen) atoms. The monoisotopic (exact) mass is 371 g/mol. The van der Waals surface area contributed by atoms with Crippen molar-refractivity contribution >= 4 is 12.0 Å². The summed E-state index contributed by atoms with van der Waals surface area (Å²) < 4.78 is 5.44. The molecule has 0 N–H and O–H groups in total. The summed E-state index contributed by atoms with van der Waals surface area (Å²) in [7, 11) is 0. The van der Waals surface area contributed by atoms with Gasteiger partial charge in [0.05, 0.1) is 17.6 Å². The van der Waals surface area contributed by atoms with Gasteiger partial charge in [0, 0.05) is 26.2 Å². The van der Waals surface area contributed by atoms with Crippen molar-refractivity contribution in [2.45, 2.75) is 52.7 Å². The van der Waals surface area contributed by atoms with Crippen molar-refractivity contribution in [2.24, 2.45) is 5.92 Å². The van der Waals surface area contributed by atoms with Gasteiger partial charge < -0.3 is 14.5 Å². The number of carbonyl (C=O) groups is 2. The van der Waals surface area contributed by atoms with E-state index in [9.17, 15) is 14.9 Å². The fourth-order valence-corrected chi connectivity index (χ4v) is 3.25. The Hall–Kier alpha value is -2.55. The maximum Gasteiger partial charge on any atom is 0.410 e. The molecule has 0 bridgehead atoms. The maximum atomic E-state index is 13.1. The Labute approximate surface area is 161 Å². The molecule has 0 saturated carbocycles. The van der Waals surface area contributed by atoms with Gasteiger partial charge in [-0.3, -0.25) is 4.79 Å².